The maximum absolute atomic E-state index is 12.9. The maximum Gasteiger partial charge on any atom is 0.167 e. The summed E-state index contributed by atoms with van der Waals surface area (Å²) in [7, 11) is 0. The first-order valence-corrected chi connectivity index (χ1v) is 9.58. The lowest BCUT2D eigenvalue weighted by molar-refractivity contribution is -0.122. The van der Waals surface area contributed by atoms with E-state index in [1.807, 2.05) is 25.1 Å². The number of aromatic amines is 1. The monoisotopic (exact) mass is 344 g/mol. The number of ketones is 1. The average molecular weight is 344 g/mol. The van der Waals surface area contributed by atoms with Gasteiger partial charge in [0.05, 0.1) is 22.9 Å². The molecule has 2 aliphatic rings. The van der Waals surface area contributed by atoms with Crippen LogP contribution in [0.3, 0.4) is 0 Å². The molecule has 0 unspecified atom stereocenters. The Labute approximate surface area is 146 Å². The number of hydrogen-bond donors (Lipinski definition) is 1. The smallest absolute Gasteiger partial charge is 0.167 e. The number of nitrogens with one attached hydrogen (secondary N) is 1. The molecule has 0 aliphatic heterocycles. The Hall–Kier alpha value is -1.49. The molecule has 0 spiro atoms. The van der Waals surface area contributed by atoms with E-state index in [4.69, 9.17) is 4.74 Å². The van der Waals surface area contributed by atoms with E-state index in [1.54, 1.807) is 11.8 Å². The lowest BCUT2D eigenvalue weighted by Crippen LogP contribution is -2.35. The normalized spacial score (nSPS) is 31.1. The van der Waals surface area contributed by atoms with Crippen LogP contribution in [0, 0.1) is 16.7 Å². The van der Waals surface area contributed by atoms with E-state index in [1.165, 1.54) is 0 Å². The van der Waals surface area contributed by atoms with Gasteiger partial charge in [-0.15, -0.1) is 0 Å². The second kappa shape index (κ2) is 5.25. The Morgan fingerprint density at radius 1 is 1.38 bits per heavy atom. The number of carbonyl (C=O) groups excluding carboxylic acids is 1. The Balaban J connectivity index is 1.64. The summed E-state index contributed by atoms with van der Waals surface area (Å²) in [5.74, 6) is 1.46. The van der Waals surface area contributed by atoms with Crippen molar-refractivity contribution in [1.82, 2.24) is 9.97 Å². The Morgan fingerprint density at radius 2 is 2.17 bits per heavy atom. The van der Waals surface area contributed by atoms with Crippen molar-refractivity contribution in [2.45, 2.75) is 50.9 Å². The van der Waals surface area contributed by atoms with Gasteiger partial charge in [0.2, 0.25) is 0 Å². The fourth-order valence-electron chi connectivity index (χ4n) is 4.57. The molecule has 0 radical (unpaired) electrons. The van der Waals surface area contributed by atoms with Crippen LogP contribution in [0.4, 0.5) is 0 Å². The van der Waals surface area contributed by atoms with Crippen molar-refractivity contribution in [3.05, 3.63) is 18.2 Å². The lowest BCUT2D eigenvalue weighted by Gasteiger charge is -2.37. The molecule has 1 heterocycles. The predicted molar refractivity (Wildman–Crippen MR) is 96.5 cm³/mol. The summed E-state index contributed by atoms with van der Waals surface area (Å²) in [5, 5.41) is 0.833. The van der Waals surface area contributed by atoms with Gasteiger partial charge in [0.25, 0.3) is 0 Å². The standard InChI is InChI=1S/C19H24N2O2S/c1-5-23-11-6-7-13-14(10-11)21-17(20-13)24-16-15(22)12-8-9-19(16,4)18(12,2)3/h6-7,10,12,16H,5,8-9H2,1-4H3,(H,20,21)/t12-,16-,19-/m1/s1. The lowest BCUT2D eigenvalue weighted by atomic mass is 9.71. The van der Waals surface area contributed by atoms with Gasteiger partial charge in [-0.2, -0.15) is 0 Å². The van der Waals surface area contributed by atoms with Crippen LogP contribution in [0.25, 0.3) is 11.0 Å². The Kier molecular flexibility index (Phi) is 3.50. The molecule has 2 aromatic rings. The fourth-order valence-corrected chi connectivity index (χ4v) is 6.07. The number of H-pyrrole nitrogens is 1. The first kappa shape index (κ1) is 16.0. The number of carbonyl (C=O) groups is 1. The summed E-state index contributed by atoms with van der Waals surface area (Å²) in [6.07, 6.45) is 2.17. The summed E-state index contributed by atoms with van der Waals surface area (Å²) < 4.78 is 5.55. The third-order valence-electron chi connectivity index (χ3n) is 6.45. The summed E-state index contributed by atoms with van der Waals surface area (Å²) in [6.45, 7) is 9.42. The molecule has 5 heteroatoms. The molecule has 2 aliphatic carbocycles. The fraction of sp³-hybridized carbons (Fsp3) is 0.579. The molecule has 0 amide bonds. The molecule has 4 nitrogen and oxygen atoms in total. The summed E-state index contributed by atoms with van der Waals surface area (Å²) in [4.78, 5) is 20.9. The molecule has 1 aromatic heterocycles. The Bertz CT molecular complexity index is 813. The average Bonchev–Trinajstić information content (AvgIpc) is 3.06. The number of aromatic nitrogens is 2. The van der Waals surface area contributed by atoms with E-state index in [0.717, 1.165) is 34.8 Å². The summed E-state index contributed by atoms with van der Waals surface area (Å²) >= 11 is 1.61. The van der Waals surface area contributed by atoms with Crippen molar-refractivity contribution < 1.29 is 9.53 Å². The number of hydrogen-bond acceptors (Lipinski definition) is 4. The van der Waals surface area contributed by atoms with E-state index in [0.29, 0.717) is 12.4 Å². The van der Waals surface area contributed by atoms with E-state index >= 15 is 0 Å². The van der Waals surface area contributed by atoms with E-state index in [9.17, 15) is 4.79 Å². The van der Waals surface area contributed by atoms with Gasteiger partial charge in [-0.1, -0.05) is 32.5 Å². The summed E-state index contributed by atoms with van der Waals surface area (Å²) in [6, 6.07) is 5.88. The van der Waals surface area contributed by atoms with Crippen LogP contribution in [0.2, 0.25) is 0 Å². The van der Waals surface area contributed by atoms with Crippen molar-refractivity contribution in [1.29, 1.82) is 0 Å². The molecular weight excluding hydrogens is 320 g/mol. The Morgan fingerprint density at radius 3 is 2.83 bits per heavy atom. The second-order valence-electron chi connectivity index (χ2n) is 7.78. The molecular formula is C19H24N2O2S. The first-order chi connectivity index (χ1) is 11.4. The zero-order valence-electron chi connectivity index (χ0n) is 14.7. The summed E-state index contributed by atoms with van der Waals surface area (Å²) in [5.41, 5.74) is 2.01. The maximum atomic E-state index is 12.9. The third-order valence-corrected chi connectivity index (χ3v) is 7.85. The highest BCUT2D eigenvalue weighted by molar-refractivity contribution is 8.00. The van der Waals surface area contributed by atoms with Crippen LogP contribution in [0.5, 0.6) is 5.75 Å². The number of fused-ring (bicyclic) bond motifs is 3. The van der Waals surface area contributed by atoms with Crippen LogP contribution in [-0.2, 0) is 4.79 Å². The third kappa shape index (κ3) is 2.06. The molecule has 4 rings (SSSR count). The highest BCUT2D eigenvalue weighted by atomic mass is 32.2. The molecule has 1 aromatic carbocycles. The predicted octanol–water partition coefficient (Wildman–Crippen LogP) is 4.45. The number of benzene rings is 1. The highest BCUT2D eigenvalue weighted by Crippen LogP contribution is 2.67. The van der Waals surface area contributed by atoms with Crippen molar-refractivity contribution in [3.63, 3.8) is 0 Å². The largest absolute Gasteiger partial charge is 0.494 e. The van der Waals surface area contributed by atoms with Crippen LogP contribution in [-0.4, -0.2) is 27.6 Å². The van der Waals surface area contributed by atoms with Gasteiger partial charge in [0, 0.05) is 12.0 Å². The van der Waals surface area contributed by atoms with Gasteiger partial charge in [-0.05, 0) is 42.7 Å². The number of ether oxygens (including phenoxy) is 1. The first-order valence-electron chi connectivity index (χ1n) is 8.70. The SMILES string of the molecule is CCOc1ccc2nc(S[C@@H]3C(=O)[C@H]4CC[C@@]3(C)C4(C)C)[nH]c2c1. The molecule has 2 fully saturated rings. The van der Waals surface area contributed by atoms with E-state index in [-0.39, 0.29) is 22.0 Å². The number of Topliss-reactive ketones (excluding diaryl/α,β-unsaturated/α-hetero) is 1. The van der Waals surface area contributed by atoms with E-state index in [2.05, 4.69) is 30.7 Å². The molecule has 128 valence electrons. The molecule has 0 saturated heterocycles. The zero-order chi connectivity index (χ0) is 17.1. The number of rotatable bonds is 4. The van der Waals surface area contributed by atoms with Crippen molar-refractivity contribution in [3.8, 4) is 5.75 Å². The van der Waals surface area contributed by atoms with Crippen molar-refractivity contribution >= 4 is 28.6 Å². The molecule has 2 bridgehead atoms. The highest BCUT2D eigenvalue weighted by Gasteiger charge is 2.66. The quantitative estimate of drug-likeness (QED) is 0.890. The molecule has 1 N–H and O–H groups in total. The van der Waals surface area contributed by atoms with Gasteiger partial charge >= 0.3 is 0 Å². The molecule has 24 heavy (non-hydrogen) atoms. The molecule has 2 saturated carbocycles. The van der Waals surface area contributed by atoms with Gasteiger partial charge < -0.3 is 9.72 Å². The van der Waals surface area contributed by atoms with Crippen LogP contribution in [0.15, 0.2) is 23.4 Å². The zero-order valence-corrected chi connectivity index (χ0v) is 15.5. The minimum absolute atomic E-state index is 0.00169. The van der Waals surface area contributed by atoms with Crippen molar-refractivity contribution in [2.75, 3.05) is 6.61 Å². The minimum atomic E-state index is -0.00169. The second-order valence-corrected chi connectivity index (χ2v) is 8.88. The van der Waals surface area contributed by atoms with Crippen molar-refractivity contribution in [2.24, 2.45) is 16.7 Å². The number of thioether (sulfide) groups is 1. The van der Waals surface area contributed by atoms with Gasteiger partial charge in [0.15, 0.2) is 5.16 Å². The number of nitrogens with zero attached hydrogens (tertiary/aromatic N) is 1. The van der Waals surface area contributed by atoms with Crippen LogP contribution in [0.1, 0.15) is 40.5 Å². The van der Waals surface area contributed by atoms with Gasteiger partial charge in [-0.25, -0.2) is 4.98 Å². The van der Waals surface area contributed by atoms with Gasteiger partial charge in [0.1, 0.15) is 11.5 Å². The minimum Gasteiger partial charge on any atom is -0.494 e. The topological polar surface area (TPSA) is 55.0 Å². The van der Waals surface area contributed by atoms with Crippen LogP contribution >= 0.6 is 11.8 Å². The van der Waals surface area contributed by atoms with Crippen LogP contribution < -0.4 is 4.74 Å². The van der Waals surface area contributed by atoms with E-state index < -0.39 is 0 Å². The van der Waals surface area contributed by atoms with Gasteiger partial charge in [-0.3, -0.25) is 4.79 Å². The molecule has 3 atom stereocenters. The number of imidazole rings is 1.